The summed E-state index contributed by atoms with van der Waals surface area (Å²) in [6.07, 6.45) is -0.557. The molecule has 0 aliphatic heterocycles. The minimum atomic E-state index is -0.557. The van der Waals surface area contributed by atoms with Crippen molar-refractivity contribution >= 4 is 17.4 Å². The Bertz CT molecular complexity index is 553. The largest absolute Gasteiger partial charge is 0.389 e. The van der Waals surface area contributed by atoms with Crippen LogP contribution in [0.15, 0.2) is 54.6 Å². The van der Waals surface area contributed by atoms with Crippen molar-refractivity contribution in [2.75, 3.05) is 10.6 Å². The number of urea groups is 1. The van der Waals surface area contributed by atoms with Gasteiger partial charge in [0.15, 0.2) is 0 Å². The lowest BCUT2D eigenvalue weighted by Gasteiger charge is -2.10. The quantitative estimate of drug-likeness (QED) is 0.788. The Morgan fingerprint density at radius 1 is 1.00 bits per heavy atom. The monoisotopic (exact) mass is 256 g/mol. The van der Waals surface area contributed by atoms with Crippen molar-refractivity contribution in [3.63, 3.8) is 0 Å². The molecule has 0 fully saturated rings. The van der Waals surface area contributed by atoms with Crippen LogP contribution in [0.3, 0.4) is 0 Å². The number of aliphatic hydroxyl groups is 1. The molecule has 1 atom stereocenters. The molecule has 2 rings (SSSR count). The number of benzene rings is 2. The van der Waals surface area contributed by atoms with E-state index in [1.807, 2.05) is 36.4 Å². The van der Waals surface area contributed by atoms with Gasteiger partial charge in [-0.3, -0.25) is 0 Å². The second-order valence-electron chi connectivity index (χ2n) is 4.25. The smallest absolute Gasteiger partial charge is 0.323 e. The number of para-hydroxylation sites is 1. The van der Waals surface area contributed by atoms with E-state index in [2.05, 4.69) is 10.6 Å². The Morgan fingerprint density at radius 3 is 2.32 bits per heavy atom. The molecule has 19 heavy (non-hydrogen) atoms. The number of hydrogen-bond acceptors (Lipinski definition) is 2. The van der Waals surface area contributed by atoms with Gasteiger partial charge in [-0.05, 0) is 36.8 Å². The number of carbonyl (C=O) groups excluding carboxylic acids is 1. The van der Waals surface area contributed by atoms with Crippen molar-refractivity contribution in [1.29, 1.82) is 0 Å². The van der Waals surface area contributed by atoms with Gasteiger partial charge in [0.25, 0.3) is 0 Å². The van der Waals surface area contributed by atoms with Crippen molar-refractivity contribution in [1.82, 2.24) is 0 Å². The average molecular weight is 256 g/mol. The highest BCUT2D eigenvalue weighted by Crippen LogP contribution is 2.17. The Hall–Kier alpha value is -2.33. The van der Waals surface area contributed by atoms with Gasteiger partial charge < -0.3 is 15.7 Å². The molecule has 0 unspecified atom stereocenters. The molecular formula is C15H16N2O2. The average Bonchev–Trinajstić information content (AvgIpc) is 2.40. The van der Waals surface area contributed by atoms with Crippen LogP contribution in [0.25, 0.3) is 0 Å². The second-order valence-corrected chi connectivity index (χ2v) is 4.25. The molecule has 2 aromatic rings. The molecule has 0 aromatic heterocycles. The number of carbonyl (C=O) groups is 1. The predicted octanol–water partition coefficient (Wildman–Crippen LogP) is 3.38. The summed E-state index contributed by atoms with van der Waals surface area (Å²) >= 11 is 0. The normalized spacial score (nSPS) is 11.7. The van der Waals surface area contributed by atoms with Gasteiger partial charge in [0.2, 0.25) is 0 Å². The van der Waals surface area contributed by atoms with Gasteiger partial charge in [0.1, 0.15) is 0 Å². The molecule has 0 heterocycles. The third-order valence-electron chi connectivity index (χ3n) is 2.66. The highest BCUT2D eigenvalue weighted by molar-refractivity contribution is 5.99. The summed E-state index contributed by atoms with van der Waals surface area (Å²) in [4.78, 5) is 11.8. The molecule has 0 aliphatic rings. The molecule has 0 bridgehead atoms. The van der Waals surface area contributed by atoms with E-state index in [1.54, 1.807) is 25.1 Å². The van der Waals surface area contributed by atoms with Crippen LogP contribution in [0.2, 0.25) is 0 Å². The van der Waals surface area contributed by atoms with Gasteiger partial charge in [-0.25, -0.2) is 4.79 Å². The van der Waals surface area contributed by atoms with Gasteiger partial charge in [0, 0.05) is 11.4 Å². The first-order valence-corrected chi connectivity index (χ1v) is 6.06. The van der Waals surface area contributed by atoms with E-state index < -0.39 is 6.10 Å². The predicted molar refractivity (Wildman–Crippen MR) is 76.2 cm³/mol. The maximum atomic E-state index is 11.8. The molecule has 0 aliphatic carbocycles. The second kappa shape index (κ2) is 6.02. The van der Waals surface area contributed by atoms with Gasteiger partial charge in [-0.1, -0.05) is 30.3 Å². The lowest BCUT2D eigenvalue weighted by atomic mass is 10.1. The third kappa shape index (κ3) is 3.82. The Balaban J connectivity index is 2.01. The lowest BCUT2D eigenvalue weighted by molar-refractivity contribution is 0.199. The molecular weight excluding hydrogens is 240 g/mol. The fraction of sp³-hybridized carbons (Fsp3) is 0.133. The molecule has 98 valence electrons. The molecule has 0 saturated heterocycles. The number of hydrogen-bond donors (Lipinski definition) is 3. The maximum absolute atomic E-state index is 11.8. The summed E-state index contributed by atoms with van der Waals surface area (Å²) in [6.45, 7) is 1.68. The van der Waals surface area contributed by atoms with Gasteiger partial charge in [0.05, 0.1) is 6.10 Å². The van der Waals surface area contributed by atoms with E-state index in [0.717, 1.165) is 11.3 Å². The van der Waals surface area contributed by atoms with Gasteiger partial charge in [-0.2, -0.15) is 0 Å². The first-order valence-electron chi connectivity index (χ1n) is 6.06. The molecule has 4 heteroatoms. The van der Waals surface area contributed by atoms with E-state index in [9.17, 15) is 9.90 Å². The Morgan fingerprint density at radius 2 is 1.63 bits per heavy atom. The highest BCUT2D eigenvalue weighted by Gasteiger charge is 2.05. The molecule has 0 saturated carbocycles. The number of anilines is 2. The van der Waals surface area contributed by atoms with Crippen molar-refractivity contribution in [2.45, 2.75) is 13.0 Å². The van der Waals surface area contributed by atoms with Crippen LogP contribution in [-0.4, -0.2) is 11.1 Å². The van der Waals surface area contributed by atoms with Crippen LogP contribution in [0.1, 0.15) is 18.6 Å². The van der Waals surface area contributed by atoms with Crippen molar-refractivity contribution in [3.8, 4) is 0 Å². The molecule has 2 amide bonds. The van der Waals surface area contributed by atoms with Gasteiger partial charge >= 0.3 is 6.03 Å². The number of aliphatic hydroxyl groups excluding tert-OH is 1. The lowest BCUT2D eigenvalue weighted by Crippen LogP contribution is -2.19. The van der Waals surface area contributed by atoms with Crippen LogP contribution in [0.4, 0.5) is 16.2 Å². The zero-order chi connectivity index (χ0) is 13.7. The summed E-state index contributed by atoms with van der Waals surface area (Å²) in [6, 6.07) is 16.0. The summed E-state index contributed by atoms with van der Waals surface area (Å²) in [5.74, 6) is 0. The van der Waals surface area contributed by atoms with E-state index in [1.165, 1.54) is 0 Å². The third-order valence-corrected chi connectivity index (χ3v) is 2.66. The van der Waals surface area contributed by atoms with Crippen LogP contribution < -0.4 is 10.6 Å². The van der Waals surface area contributed by atoms with E-state index in [-0.39, 0.29) is 6.03 Å². The molecule has 2 aromatic carbocycles. The van der Waals surface area contributed by atoms with Crippen molar-refractivity contribution in [3.05, 3.63) is 60.2 Å². The van der Waals surface area contributed by atoms with E-state index in [0.29, 0.717) is 5.69 Å². The number of nitrogens with one attached hydrogen (secondary N) is 2. The van der Waals surface area contributed by atoms with E-state index >= 15 is 0 Å². The van der Waals surface area contributed by atoms with Crippen molar-refractivity contribution in [2.24, 2.45) is 0 Å². The van der Waals surface area contributed by atoms with E-state index in [4.69, 9.17) is 0 Å². The summed E-state index contributed by atoms with van der Waals surface area (Å²) < 4.78 is 0. The van der Waals surface area contributed by atoms with Crippen molar-refractivity contribution < 1.29 is 9.90 Å². The first kappa shape index (κ1) is 13.1. The zero-order valence-electron chi connectivity index (χ0n) is 10.6. The molecule has 0 radical (unpaired) electrons. The SMILES string of the molecule is C[C@@H](O)c1cccc(NC(=O)Nc2ccccc2)c1. The van der Waals surface area contributed by atoms with Crippen LogP contribution in [0, 0.1) is 0 Å². The zero-order valence-corrected chi connectivity index (χ0v) is 10.6. The minimum Gasteiger partial charge on any atom is -0.389 e. The van der Waals surface area contributed by atoms with Crippen LogP contribution in [0.5, 0.6) is 0 Å². The summed E-state index contributed by atoms with van der Waals surface area (Å²) in [7, 11) is 0. The molecule has 0 spiro atoms. The number of rotatable bonds is 3. The fourth-order valence-electron chi connectivity index (χ4n) is 1.69. The van der Waals surface area contributed by atoms with Gasteiger partial charge in [-0.15, -0.1) is 0 Å². The van der Waals surface area contributed by atoms with Crippen LogP contribution >= 0.6 is 0 Å². The fourth-order valence-corrected chi connectivity index (χ4v) is 1.69. The highest BCUT2D eigenvalue weighted by atomic mass is 16.3. The minimum absolute atomic E-state index is 0.311. The topological polar surface area (TPSA) is 61.4 Å². The molecule has 4 nitrogen and oxygen atoms in total. The number of amides is 2. The standard InChI is InChI=1S/C15H16N2O2/c1-11(18)12-6-5-9-14(10-12)17-15(19)16-13-7-3-2-4-8-13/h2-11,18H,1H3,(H2,16,17,19)/t11-/m1/s1. The van der Waals surface area contributed by atoms with Crippen LogP contribution in [-0.2, 0) is 0 Å². The summed E-state index contributed by atoms with van der Waals surface area (Å²) in [5, 5.41) is 14.9. The summed E-state index contributed by atoms with van der Waals surface area (Å²) in [5.41, 5.74) is 2.14. The maximum Gasteiger partial charge on any atom is 0.323 e. The Kier molecular flexibility index (Phi) is 4.15. The first-order chi connectivity index (χ1) is 9.15. The molecule has 3 N–H and O–H groups in total. The Labute approximate surface area is 112 Å².